The lowest BCUT2D eigenvalue weighted by atomic mass is 9.90. The molecule has 1 N–H and O–H groups in total. The molecular formula is C14H15F2NO3. The van der Waals surface area contributed by atoms with Crippen LogP contribution in [0.3, 0.4) is 0 Å². The number of benzene rings is 1. The van der Waals surface area contributed by atoms with Crippen LogP contribution >= 0.6 is 0 Å². The lowest BCUT2D eigenvalue weighted by Gasteiger charge is -2.20. The monoisotopic (exact) mass is 283 g/mol. The predicted octanol–water partition coefficient (Wildman–Crippen LogP) is 2.21. The molecule has 1 heterocycles. The summed E-state index contributed by atoms with van der Waals surface area (Å²) in [6.45, 7) is 3.16. The van der Waals surface area contributed by atoms with E-state index in [0.29, 0.717) is 6.42 Å². The molecule has 4 nitrogen and oxygen atoms in total. The van der Waals surface area contributed by atoms with Crippen molar-refractivity contribution >= 4 is 11.9 Å². The fourth-order valence-electron chi connectivity index (χ4n) is 2.29. The van der Waals surface area contributed by atoms with Crippen molar-refractivity contribution in [1.29, 1.82) is 0 Å². The zero-order valence-electron chi connectivity index (χ0n) is 11.2. The molecule has 0 aliphatic carbocycles. The van der Waals surface area contributed by atoms with Crippen molar-refractivity contribution in [3.63, 3.8) is 0 Å². The van der Waals surface area contributed by atoms with Gasteiger partial charge in [-0.1, -0.05) is 0 Å². The highest BCUT2D eigenvalue weighted by molar-refractivity contribution is 5.95. The number of halogens is 2. The molecule has 0 aromatic heterocycles. The van der Waals surface area contributed by atoms with Gasteiger partial charge in [0.05, 0.1) is 11.0 Å². The van der Waals surface area contributed by atoms with Crippen molar-refractivity contribution in [3.8, 4) is 0 Å². The highest BCUT2D eigenvalue weighted by atomic mass is 19.1. The van der Waals surface area contributed by atoms with Crippen LogP contribution in [0.2, 0.25) is 0 Å². The summed E-state index contributed by atoms with van der Waals surface area (Å²) < 4.78 is 27.2. The van der Waals surface area contributed by atoms with Crippen LogP contribution in [0.4, 0.5) is 8.78 Å². The molecule has 0 radical (unpaired) electrons. The van der Waals surface area contributed by atoms with Crippen molar-refractivity contribution in [1.82, 2.24) is 4.90 Å². The molecule has 1 saturated heterocycles. The fraction of sp³-hybridized carbons (Fsp3) is 0.429. The van der Waals surface area contributed by atoms with Crippen LogP contribution in [0, 0.1) is 24.0 Å². The summed E-state index contributed by atoms with van der Waals surface area (Å²) in [4.78, 5) is 24.5. The Morgan fingerprint density at radius 3 is 2.50 bits per heavy atom. The molecular weight excluding hydrogens is 268 g/mol. The number of nitrogens with zero attached hydrogens (tertiary/aromatic N) is 1. The van der Waals surface area contributed by atoms with Gasteiger partial charge in [0.1, 0.15) is 11.6 Å². The zero-order valence-corrected chi connectivity index (χ0v) is 11.2. The maximum Gasteiger partial charge on any atom is 0.311 e. The molecule has 1 fully saturated rings. The fourth-order valence-corrected chi connectivity index (χ4v) is 2.29. The Hall–Kier alpha value is -1.98. The number of likely N-dealkylation sites (tertiary alicyclic amines) is 1. The molecule has 0 bridgehead atoms. The van der Waals surface area contributed by atoms with Gasteiger partial charge in [-0.3, -0.25) is 9.59 Å². The first-order valence-electron chi connectivity index (χ1n) is 6.23. The first-order chi connectivity index (χ1) is 9.24. The predicted molar refractivity (Wildman–Crippen MR) is 67.4 cm³/mol. The summed E-state index contributed by atoms with van der Waals surface area (Å²) in [6, 6.07) is 1.83. The van der Waals surface area contributed by atoms with Gasteiger partial charge in [0.2, 0.25) is 0 Å². The van der Waals surface area contributed by atoms with Gasteiger partial charge in [-0.15, -0.1) is 0 Å². The van der Waals surface area contributed by atoms with E-state index in [4.69, 9.17) is 5.11 Å². The van der Waals surface area contributed by atoms with Crippen LogP contribution in [-0.4, -0.2) is 35.0 Å². The second-order valence-electron chi connectivity index (χ2n) is 5.42. The minimum absolute atomic E-state index is 0.00387. The van der Waals surface area contributed by atoms with Gasteiger partial charge in [0, 0.05) is 13.1 Å². The van der Waals surface area contributed by atoms with Crippen LogP contribution in [-0.2, 0) is 4.79 Å². The van der Waals surface area contributed by atoms with E-state index in [2.05, 4.69) is 0 Å². The molecule has 0 saturated carbocycles. The molecule has 1 aliphatic heterocycles. The molecule has 1 aliphatic rings. The number of carbonyl (C=O) groups is 2. The molecule has 0 spiro atoms. The number of carbonyl (C=O) groups excluding carboxylic acids is 1. The summed E-state index contributed by atoms with van der Waals surface area (Å²) in [5.41, 5.74) is -1.27. The maximum atomic E-state index is 13.8. The number of amides is 1. The molecule has 20 heavy (non-hydrogen) atoms. The Morgan fingerprint density at radius 2 is 1.95 bits per heavy atom. The van der Waals surface area contributed by atoms with Crippen LogP contribution in [0.25, 0.3) is 0 Å². The smallest absolute Gasteiger partial charge is 0.311 e. The third-order valence-electron chi connectivity index (χ3n) is 3.76. The number of aryl methyl sites for hydroxylation is 1. The van der Waals surface area contributed by atoms with E-state index in [-0.39, 0.29) is 24.2 Å². The normalized spacial score (nSPS) is 22.1. The number of carboxylic acids is 1. The highest BCUT2D eigenvalue weighted by Gasteiger charge is 2.42. The van der Waals surface area contributed by atoms with Gasteiger partial charge in [0.25, 0.3) is 5.91 Å². The number of hydrogen-bond donors (Lipinski definition) is 1. The number of aliphatic carboxylic acids is 1. The Labute approximate surface area is 115 Å². The molecule has 1 atom stereocenters. The van der Waals surface area contributed by atoms with Crippen molar-refractivity contribution in [2.45, 2.75) is 20.3 Å². The highest BCUT2D eigenvalue weighted by Crippen LogP contribution is 2.31. The molecule has 108 valence electrons. The Bertz CT molecular complexity index is 588. The number of rotatable bonds is 2. The molecule has 1 aromatic rings. The minimum atomic E-state index is -1.03. The zero-order chi connectivity index (χ0) is 15.1. The van der Waals surface area contributed by atoms with Gasteiger partial charge in [-0.2, -0.15) is 0 Å². The van der Waals surface area contributed by atoms with E-state index in [1.807, 2.05) is 0 Å². The second kappa shape index (κ2) is 4.85. The quantitative estimate of drug-likeness (QED) is 0.905. The lowest BCUT2D eigenvalue weighted by molar-refractivity contribution is -0.147. The van der Waals surface area contributed by atoms with Gasteiger partial charge >= 0.3 is 5.97 Å². The number of hydrogen-bond acceptors (Lipinski definition) is 2. The average Bonchev–Trinajstić information content (AvgIpc) is 2.77. The van der Waals surface area contributed by atoms with Crippen molar-refractivity contribution in [2.24, 2.45) is 5.41 Å². The van der Waals surface area contributed by atoms with E-state index in [9.17, 15) is 18.4 Å². The van der Waals surface area contributed by atoms with E-state index >= 15 is 0 Å². The summed E-state index contributed by atoms with van der Waals surface area (Å²) in [6.07, 6.45) is 0.296. The Kier molecular flexibility index (Phi) is 3.50. The Morgan fingerprint density at radius 1 is 1.30 bits per heavy atom. The molecule has 2 rings (SSSR count). The van der Waals surface area contributed by atoms with Gasteiger partial charge in [-0.25, -0.2) is 8.78 Å². The van der Waals surface area contributed by atoms with Crippen molar-refractivity contribution < 1.29 is 23.5 Å². The average molecular weight is 283 g/mol. The van der Waals surface area contributed by atoms with E-state index < -0.39 is 28.9 Å². The van der Waals surface area contributed by atoms with Crippen molar-refractivity contribution in [2.75, 3.05) is 13.1 Å². The molecule has 1 amide bonds. The summed E-state index contributed by atoms with van der Waals surface area (Å²) in [5, 5.41) is 9.11. The summed E-state index contributed by atoms with van der Waals surface area (Å²) in [5.74, 6) is -3.12. The van der Waals surface area contributed by atoms with Crippen LogP contribution < -0.4 is 0 Å². The third-order valence-corrected chi connectivity index (χ3v) is 3.76. The van der Waals surface area contributed by atoms with E-state index in [1.165, 1.54) is 18.7 Å². The van der Waals surface area contributed by atoms with E-state index in [1.54, 1.807) is 0 Å². The van der Waals surface area contributed by atoms with Crippen molar-refractivity contribution in [3.05, 3.63) is 34.9 Å². The summed E-state index contributed by atoms with van der Waals surface area (Å²) in [7, 11) is 0. The SMILES string of the molecule is Cc1cc(F)c(C(=O)N2CC[C@@](C)(C(=O)O)C2)cc1F. The molecule has 6 heteroatoms. The third kappa shape index (κ3) is 2.37. The largest absolute Gasteiger partial charge is 0.481 e. The standard InChI is InChI=1S/C14H15F2NO3/c1-8-5-11(16)9(6-10(8)15)12(18)17-4-3-14(2,7-17)13(19)20/h5-6H,3-4,7H2,1-2H3,(H,19,20)/t14-/m1/s1. The topological polar surface area (TPSA) is 57.6 Å². The van der Waals surface area contributed by atoms with E-state index in [0.717, 1.165) is 12.1 Å². The van der Waals surface area contributed by atoms with Gasteiger partial charge in [-0.05, 0) is 38.0 Å². The number of carboxylic acid groups (broad SMARTS) is 1. The van der Waals surface area contributed by atoms with Crippen LogP contribution in [0.15, 0.2) is 12.1 Å². The Balaban J connectivity index is 2.26. The first-order valence-corrected chi connectivity index (χ1v) is 6.23. The first kappa shape index (κ1) is 14.4. The van der Waals surface area contributed by atoms with Gasteiger partial charge < -0.3 is 10.0 Å². The molecule has 1 aromatic carbocycles. The maximum absolute atomic E-state index is 13.8. The van der Waals surface area contributed by atoms with Gasteiger partial charge in [0.15, 0.2) is 0 Å². The second-order valence-corrected chi connectivity index (χ2v) is 5.42. The molecule has 0 unspecified atom stereocenters. The lowest BCUT2D eigenvalue weighted by Crippen LogP contribution is -2.35. The minimum Gasteiger partial charge on any atom is -0.481 e. The van der Waals surface area contributed by atoms with Crippen LogP contribution in [0.1, 0.15) is 29.3 Å². The summed E-state index contributed by atoms with van der Waals surface area (Å²) >= 11 is 0. The van der Waals surface area contributed by atoms with Crippen LogP contribution in [0.5, 0.6) is 0 Å².